The van der Waals surface area contributed by atoms with Gasteiger partial charge in [-0.1, -0.05) is 11.6 Å². The second-order valence-electron chi connectivity index (χ2n) is 4.36. The Morgan fingerprint density at radius 2 is 2.10 bits per heavy atom. The summed E-state index contributed by atoms with van der Waals surface area (Å²) in [6.07, 6.45) is 2.34. The molecule has 0 saturated heterocycles. The van der Waals surface area contributed by atoms with Gasteiger partial charge >= 0.3 is 5.97 Å². The van der Waals surface area contributed by atoms with E-state index in [1.807, 2.05) is 0 Å². The van der Waals surface area contributed by atoms with E-state index in [4.69, 9.17) is 16.7 Å². The summed E-state index contributed by atoms with van der Waals surface area (Å²) in [5.41, 5.74) is 0.311. The van der Waals surface area contributed by atoms with Crippen molar-refractivity contribution in [1.29, 1.82) is 0 Å². The Kier molecular flexibility index (Phi) is 7.35. The van der Waals surface area contributed by atoms with Crippen molar-refractivity contribution in [2.75, 3.05) is 30.4 Å². The topological polar surface area (TPSA) is 95.5 Å². The van der Waals surface area contributed by atoms with Crippen LogP contribution >= 0.6 is 11.6 Å². The number of benzene rings is 1. The zero-order chi connectivity index (χ0) is 15.8. The second-order valence-corrected chi connectivity index (χ2v) is 6.32. The highest BCUT2D eigenvalue weighted by molar-refractivity contribution is 7.84. The number of hydrogen-bond donors (Lipinski definition) is 3. The van der Waals surface area contributed by atoms with Gasteiger partial charge in [-0.25, -0.2) is 4.79 Å². The van der Waals surface area contributed by atoms with Gasteiger partial charge in [0.2, 0.25) is 5.91 Å². The van der Waals surface area contributed by atoms with Crippen LogP contribution in [0.25, 0.3) is 0 Å². The number of carbonyl (C=O) groups is 2. The third kappa shape index (κ3) is 6.70. The van der Waals surface area contributed by atoms with Crippen molar-refractivity contribution < 1.29 is 18.9 Å². The summed E-state index contributed by atoms with van der Waals surface area (Å²) in [7, 11) is -0.835. The molecule has 0 radical (unpaired) electrons. The van der Waals surface area contributed by atoms with Gasteiger partial charge in [0.25, 0.3) is 0 Å². The minimum absolute atomic E-state index is 0.0492. The van der Waals surface area contributed by atoms with Crippen LogP contribution in [0.4, 0.5) is 5.69 Å². The number of hydrogen-bond acceptors (Lipinski definition) is 4. The Morgan fingerprint density at radius 3 is 2.71 bits per heavy atom. The molecule has 116 valence electrons. The predicted octanol–water partition coefficient (Wildman–Crippen LogP) is 1.33. The summed E-state index contributed by atoms with van der Waals surface area (Å²) in [6, 6.07) is 4.09. The summed E-state index contributed by atoms with van der Waals surface area (Å²) in [4.78, 5) is 22.6. The molecule has 0 aromatic heterocycles. The van der Waals surface area contributed by atoms with Crippen molar-refractivity contribution in [3.05, 3.63) is 28.8 Å². The molecule has 0 aliphatic heterocycles. The molecule has 1 atom stereocenters. The van der Waals surface area contributed by atoms with Gasteiger partial charge in [-0.3, -0.25) is 9.00 Å². The zero-order valence-corrected chi connectivity index (χ0v) is 13.1. The van der Waals surface area contributed by atoms with Gasteiger partial charge in [0.15, 0.2) is 0 Å². The van der Waals surface area contributed by atoms with E-state index in [2.05, 4.69) is 10.6 Å². The van der Waals surface area contributed by atoms with E-state index in [0.29, 0.717) is 18.7 Å². The van der Waals surface area contributed by atoms with Crippen LogP contribution in [0.3, 0.4) is 0 Å². The Labute approximate surface area is 130 Å². The number of carboxylic acids is 1. The second kappa shape index (κ2) is 8.76. The number of carbonyl (C=O) groups excluding carboxylic acids is 1. The molecule has 21 heavy (non-hydrogen) atoms. The molecule has 8 heteroatoms. The van der Waals surface area contributed by atoms with Crippen LogP contribution in [0, 0.1) is 0 Å². The molecule has 1 amide bonds. The van der Waals surface area contributed by atoms with E-state index in [0.717, 1.165) is 0 Å². The lowest BCUT2D eigenvalue weighted by Gasteiger charge is -2.09. The molecule has 6 nitrogen and oxygen atoms in total. The smallest absolute Gasteiger partial charge is 0.335 e. The van der Waals surface area contributed by atoms with E-state index in [9.17, 15) is 13.8 Å². The molecule has 0 aliphatic rings. The van der Waals surface area contributed by atoms with Gasteiger partial charge in [0.1, 0.15) is 0 Å². The van der Waals surface area contributed by atoms with E-state index in [1.54, 1.807) is 6.26 Å². The number of halogens is 1. The van der Waals surface area contributed by atoms with E-state index in [-0.39, 0.29) is 28.7 Å². The first kappa shape index (κ1) is 17.6. The Hall–Kier alpha value is -1.44. The first-order valence-electron chi connectivity index (χ1n) is 6.23. The summed E-state index contributed by atoms with van der Waals surface area (Å²) >= 11 is 5.90. The van der Waals surface area contributed by atoms with Gasteiger partial charge in [-0.15, -0.1) is 0 Å². The van der Waals surface area contributed by atoms with E-state index in [1.165, 1.54) is 18.2 Å². The number of rotatable bonds is 8. The van der Waals surface area contributed by atoms with Crippen molar-refractivity contribution in [3.8, 4) is 0 Å². The molecular formula is C13H17ClN2O4S. The van der Waals surface area contributed by atoms with Gasteiger partial charge in [-0.05, 0) is 31.2 Å². The zero-order valence-electron chi connectivity index (χ0n) is 11.5. The van der Waals surface area contributed by atoms with Crippen LogP contribution in [0.1, 0.15) is 16.8 Å². The van der Waals surface area contributed by atoms with Crippen LogP contribution in [0.2, 0.25) is 5.02 Å². The molecule has 0 fully saturated rings. The monoisotopic (exact) mass is 332 g/mol. The predicted molar refractivity (Wildman–Crippen MR) is 83.5 cm³/mol. The fraction of sp³-hybridized carbons (Fsp3) is 0.385. The largest absolute Gasteiger partial charge is 0.478 e. The highest BCUT2D eigenvalue weighted by atomic mass is 35.5. The molecule has 3 N–H and O–H groups in total. The summed E-state index contributed by atoms with van der Waals surface area (Å²) in [6.45, 7) is 0.653. The number of nitrogens with one attached hydrogen (secondary N) is 2. The van der Waals surface area contributed by atoms with Crippen molar-refractivity contribution in [2.24, 2.45) is 0 Å². The lowest BCUT2D eigenvalue weighted by atomic mass is 10.2. The normalized spacial score (nSPS) is 11.9. The molecule has 1 rings (SSSR count). The maximum atomic E-state index is 11.7. The van der Waals surface area contributed by atoms with Gasteiger partial charge < -0.3 is 15.7 Å². The van der Waals surface area contributed by atoms with Gasteiger partial charge in [-0.2, -0.15) is 0 Å². The van der Waals surface area contributed by atoms with Crippen LogP contribution in [-0.2, 0) is 15.6 Å². The average Bonchev–Trinajstić information content (AvgIpc) is 2.40. The highest BCUT2D eigenvalue weighted by Gasteiger charge is 2.09. The maximum Gasteiger partial charge on any atom is 0.335 e. The first-order valence-corrected chi connectivity index (χ1v) is 8.34. The lowest BCUT2D eigenvalue weighted by molar-refractivity contribution is -0.115. The molecular weight excluding hydrogens is 316 g/mol. The number of aromatic carboxylic acids is 1. The first-order chi connectivity index (χ1) is 9.90. The van der Waals surface area contributed by atoms with Gasteiger partial charge in [0.05, 0.1) is 22.8 Å². The molecule has 1 aromatic carbocycles. The molecule has 0 aliphatic carbocycles. The average molecular weight is 333 g/mol. The Bertz CT molecular complexity index is 551. The molecule has 0 spiro atoms. The molecule has 0 heterocycles. The van der Waals surface area contributed by atoms with E-state index >= 15 is 0 Å². The van der Waals surface area contributed by atoms with Crippen molar-refractivity contribution in [3.63, 3.8) is 0 Å². The molecule has 0 bridgehead atoms. The molecule has 0 saturated carbocycles. The van der Waals surface area contributed by atoms with Gasteiger partial charge in [0, 0.05) is 22.8 Å². The molecule has 1 unspecified atom stereocenters. The lowest BCUT2D eigenvalue weighted by Crippen LogP contribution is -2.29. The van der Waals surface area contributed by atoms with Crippen LogP contribution in [0.5, 0.6) is 0 Å². The summed E-state index contributed by atoms with van der Waals surface area (Å²) < 4.78 is 10.8. The van der Waals surface area contributed by atoms with Crippen LogP contribution in [0.15, 0.2) is 18.2 Å². The fourth-order valence-corrected chi connectivity index (χ4v) is 2.27. The SMILES string of the molecule is CS(=O)CCCNCC(=O)Nc1cc(C(=O)O)ccc1Cl. The van der Waals surface area contributed by atoms with E-state index < -0.39 is 16.8 Å². The van der Waals surface area contributed by atoms with Crippen molar-refractivity contribution in [2.45, 2.75) is 6.42 Å². The minimum Gasteiger partial charge on any atom is -0.478 e. The standard InChI is InChI=1S/C13H17ClN2O4S/c1-21(20)6-2-5-15-8-12(17)16-11-7-9(13(18)19)3-4-10(11)14/h3-4,7,15H,2,5-6,8H2,1H3,(H,16,17)(H,18,19). The summed E-state index contributed by atoms with van der Waals surface area (Å²) in [5, 5.41) is 14.6. The highest BCUT2D eigenvalue weighted by Crippen LogP contribution is 2.22. The Morgan fingerprint density at radius 1 is 1.38 bits per heavy atom. The number of anilines is 1. The third-order valence-electron chi connectivity index (χ3n) is 2.56. The van der Waals surface area contributed by atoms with Crippen LogP contribution in [-0.4, -0.2) is 46.3 Å². The van der Waals surface area contributed by atoms with Crippen molar-refractivity contribution >= 4 is 40.0 Å². The fourth-order valence-electron chi connectivity index (χ4n) is 1.55. The number of amides is 1. The Balaban J connectivity index is 2.45. The summed E-state index contributed by atoms with van der Waals surface area (Å²) in [5.74, 6) is -0.828. The molecule has 1 aromatic rings. The van der Waals surface area contributed by atoms with Crippen molar-refractivity contribution in [1.82, 2.24) is 5.32 Å². The number of carboxylic acid groups (broad SMARTS) is 1. The minimum atomic E-state index is -1.09. The quantitative estimate of drug-likeness (QED) is 0.624. The third-order valence-corrected chi connectivity index (χ3v) is 3.75. The van der Waals surface area contributed by atoms with Crippen LogP contribution < -0.4 is 10.6 Å². The maximum absolute atomic E-state index is 11.7.